The van der Waals surface area contributed by atoms with Crippen molar-refractivity contribution >= 4 is 40.5 Å². The van der Waals surface area contributed by atoms with E-state index in [0.717, 1.165) is 0 Å². The highest BCUT2D eigenvalue weighted by Crippen LogP contribution is 2.52. The van der Waals surface area contributed by atoms with Crippen molar-refractivity contribution in [3.05, 3.63) is 102 Å². The fourth-order valence-electron chi connectivity index (χ4n) is 3.94. The van der Waals surface area contributed by atoms with Crippen LogP contribution in [0.15, 0.2) is 91.0 Å². The maximum Gasteiger partial charge on any atom is 0.105 e. The lowest BCUT2D eigenvalue weighted by molar-refractivity contribution is 1.04. The van der Waals surface area contributed by atoms with E-state index >= 15 is 0 Å². The Balaban J connectivity index is 1.64. The van der Waals surface area contributed by atoms with Gasteiger partial charge in [-0.3, -0.25) is 0 Å². The molecule has 3 aromatic carbocycles. The zero-order valence-corrected chi connectivity index (χ0v) is 17.8. The van der Waals surface area contributed by atoms with Crippen LogP contribution in [-0.4, -0.2) is 16.5 Å². The van der Waals surface area contributed by atoms with Gasteiger partial charge < -0.3 is 4.98 Å². The Kier molecular flexibility index (Phi) is 5.26. The van der Waals surface area contributed by atoms with Gasteiger partial charge >= 0.3 is 0 Å². The first kappa shape index (κ1) is 18.7. The Morgan fingerprint density at radius 1 is 0.759 bits per heavy atom. The highest BCUT2D eigenvalue weighted by molar-refractivity contribution is 8.18. The number of fused-ring (bicyclic) bond motifs is 1. The monoisotopic (exact) mass is 413 g/mol. The van der Waals surface area contributed by atoms with Gasteiger partial charge in [0.15, 0.2) is 0 Å². The molecule has 0 radical (unpaired) electrons. The maximum atomic E-state index is 3.66. The first-order valence-electron chi connectivity index (χ1n) is 10.0. The zero-order valence-electron chi connectivity index (χ0n) is 16.2. The molecule has 0 aliphatic carbocycles. The molecule has 1 saturated heterocycles. The van der Waals surface area contributed by atoms with E-state index in [1.165, 1.54) is 51.2 Å². The van der Waals surface area contributed by atoms with E-state index < -0.39 is 0 Å². The molecule has 1 aliphatic heterocycles. The van der Waals surface area contributed by atoms with Crippen molar-refractivity contribution in [2.45, 2.75) is 10.5 Å². The highest BCUT2D eigenvalue weighted by atomic mass is 32.2. The van der Waals surface area contributed by atoms with Gasteiger partial charge in [-0.2, -0.15) is 0 Å². The normalized spacial score (nSPS) is 16.4. The molecule has 144 valence electrons. The van der Waals surface area contributed by atoms with E-state index in [4.69, 9.17) is 0 Å². The van der Waals surface area contributed by atoms with Crippen molar-refractivity contribution in [3.63, 3.8) is 0 Å². The average Bonchev–Trinajstić information content (AvgIpc) is 3.18. The predicted octanol–water partition coefficient (Wildman–Crippen LogP) is 7.57. The molecular formula is C26H23NS2. The van der Waals surface area contributed by atoms with Gasteiger partial charge in [-0.15, -0.1) is 23.5 Å². The van der Waals surface area contributed by atoms with Crippen LogP contribution in [0.25, 0.3) is 28.2 Å². The summed E-state index contributed by atoms with van der Waals surface area (Å²) in [5.41, 5.74) is 6.25. The molecule has 1 nitrogen and oxygen atoms in total. The van der Waals surface area contributed by atoms with Crippen LogP contribution in [0, 0.1) is 0 Å². The summed E-state index contributed by atoms with van der Waals surface area (Å²) in [6, 6.07) is 30.2. The predicted molar refractivity (Wildman–Crippen MR) is 130 cm³/mol. The van der Waals surface area contributed by atoms with Crippen molar-refractivity contribution in [2.24, 2.45) is 0 Å². The van der Waals surface area contributed by atoms with Gasteiger partial charge in [0, 0.05) is 16.5 Å². The fraction of sp³-hybridized carbons (Fsp3) is 0.154. The van der Waals surface area contributed by atoms with Crippen LogP contribution in [0.5, 0.6) is 0 Å². The number of hydrogen-bond donors (Lipinski definition) is 1. The third-order valence-corrected chi connectivity index (χ3v) is 8.67. The molecule has 1 aromatic heterocycles. The minimum absolute atomic E-state index is 0.0220. The van der Waals surface area contributed by atoms with Gasteiger partial charge in [0.05, 0.1) is 5.69 Å². The average molecular weight is 414 g/mol. The van der Waals surface area contributed by atoms with E-state index in [0.29, 0.717) is 0 Å². The van der Waals surface area contributed by atoms with E-state index in [9.17, 15) is 0 Å². The maximum absolute atomic E-state index is 3.66. The molecule has 5 rings (SSSR count). The highest BCUT2D eigenvalue weighted by Gasteiger charge is 2.33. The molecule has 4 aromatic rings. The van der Waals surface area contributed by atoms with E-state index in [1.54, 1.807) is 0 Å². The number of aromatic nitrogens is 1. The number of rotatable bonds is 4. The lowest BCUT2D eigenvalue weighted by Gasteiger charge is -2.34. The molecule has 0 saturated carbocycles. The van der Waals surface area contributed by atoms with Crippen LogP contribution < -0.4 is 0 Å². The van der Waals surface area contributed by atoms with Crippen molar-refractivity contribution in [1.29, 1.82) is 0 Å². The second kappa shape index (κ2) is 8.17. The van der Waals surface area contributed by atoms with Crippen LogP contribution in [-0.2, 0) is 4.08 Å². The van der Waals surface area contributed by atoms with Crippen LogP contribution in [0.3, 0.4) is 0 Å². The van der Waals surface area contributed by atoms with Gasteiger partial charge in [-0.1, -0.05) is 91.0 Å². The van der Waals surface area contributed by atoms with Gasteiger partial charge in [0.1, 0.15) is 4.08 Å². The number of hydrogen-bond acceptors (Lipinski definition) is 2. The minimum atomic E-state index is -0.0220. The lowest BCUT2D eigenvalue weighted by Crippen LogP contribution is -2.20. The summed E-state index contributed by atoms with van der Waals surface area (Å²) >= 11 is 4.12. The molecule has 0 bridgehead atoms. The van der Waals surface area contributed by atoms with Gasteiger partial charge in [0.2, 0.25) is 0 Å². The first-order valence-corrected chi connectivity index (χ1v) is 12.0. The molecule has 1 aliphatic rings. The molecular weight excluding hydrogens is 390 g/mol. The topological polar surface area (TPSA) is 15.8 Å². The summed E-state index contributed by atoms with van der Waals surface area (Å²) < 4.78 is -0.0220. The Morgan fingerprint density at radius 2 is 1.41 bits per heavy atom. The van der Waals surface area contributed by atoms with Crippen molar-refractivity contribution < 1.29 is 0 Å². The summed E-state index contributed by atoms with van der Waals surface area (Å²) in [6.45, 7) is 0. The number of H-pyrrole nitrogens is 1. The second-order valence-electron chi connectivity index (χ2n) is 7.24. The Hall–Kier alpha value is -2.36. The molecule has 2 heterocycles. The summed E-state index contributed by atoms with van der Waals surface area (Å²) in [5, 5.41) is 1.27. The fourth-order valence-corrected chi connectivity index (χ4v) is 7.07. The quantitative estimate of drug-likeness (QED) is 0.371. The van der Waals surface area contributed by atoms with E-state index in [2.05, 4.69) is 126 Å². The Labute approximate surface area is 180 Å². The summed E-state index contributed by atoms with van der Waals surface area (Å²) in [5.74, 6) is 2.40. The number of benzene rings is 3. The zero-order chi connectivity index (χ0) is 19.5. The van der Waals surface area contributed by atoms with Gasteiger partial charge in [-0.05, 0) is 35.1 Å². The van der Waals surface area contributed by atoms with Crippen molar-refractivity contribution in [2.75, 3.05) is 11.5 Å². The summed E-state index contributed by atoms with van der Waals surface area (Å²) in [6.07, 6.45) is 6.05. The SMILES string of the molecule is C(=C\C1(c2ccccc2)SCCCS1)/c1c(-c2ccccc2)[nH]c2ccccc12. The standard InChI is InChI=1S/C26H23NS2/c1-3-10-20(11-4-1)25-23(22-14-7-8-15-24(22)27-25)16-17-26(28-18-9-19-29-26)21-12-5-2-6-13-21/h1-8,10-17,27H,9,18-19H2/b17-16+. The lowest BCUT2D eigenvalue weighted by atomic mass is 10.0. The third kappa shape index (κ3) is 3.65. The smallest absolute Gasteiger partial charge is 0.105 e. The number of thioether (sulfide) groups is 2. The second-order valence-corrected chi connectivity index (χ2v) is 10.2. The molecule has 0 atom stereocenters. The van der Waals surface area contributed by atoms with Crippen molar-refractivity contribution in [3.8, 4) is 11.3 Å². The third-order valence-electron chi connectivity index (χ3n) is 5.38. The molecule has 0 spiro atoms. The molecule has 1 N–H and O–H groups in total. The number of aromatic amines is 1. The van der Waals surface area contributed by atoms with Crippen LogP contribution in [0.1, 0.15) is 17.5 Å². The Bertz CT molecular complexity index is 1120. The molecule has 0 amide bonds. The number of nitrogens with one attached hydrogen (secondary N) is 1. The molecule has 3 heteroatoms. The first-order chi connectivity index (χ1) is 14.4. The van der Waals surface area contributed by atoms with E-state index in [1.807, 2.05) is 0 Å². The van der Waals surface area contributed by atoms with Gasteiger partial charge in [-0.25, -0.2) is 0 Å². The van der Waals surface area contributed by atoms with Crippen LogP contribution in [0.4, 0.5) is 0 Å². The van der Waals surface area contributed by atoms with Gasteiger partial charge in [0.25, 0.3) is 0 Å². The Morgan fingerprint density at radius 3 is 2.17 bits per heavy atom. The van der Waals surface area contributed by atoms with Crippen molar-refractivity contribution in [1.82, 2.24) is 4.98 Å². The summed E-state index contributed by atoms with van der Waals surface area (Å²) in [7, 11) is 0. The van der Waals surface area contributed by atoms with E-state index in [-0.39, 0.29) is 4.08 Å². The minimum Gasteiger partial charge on any atom is -0.354 e. The van der Waals surface area contributed by atoms with Crippen LogP contribution in [0.2, 0.25) is 0 Å². The molecule has 0 unspecified atom stereocenters. The van der Waals surface area contributed by atoms with Crippen LogP contribution >= 0.6 is 23.5 Å². The molecule has 29 heavy (non-hydrogen) atoms. The summed E-state index contributed by atoms with van der Waals surface area (Å²) in [4.78, 5) is 3.66. The molecule has 1 fully saturated rings. The largest absolute Gasteiger partial charge is 0.354 e. The number of para-hydroxylation sites is 1.